The minimum atomic E-state index is -0.116. The molecule has 1 aliphatic rings. The predicted octanol–water partition coefficient (Wildman–Crippen LogP) is 3.44. The molecule has 2 rings (SSSR count). The number of methoxy groups -OCH3 is 1. The lowest BCUT2D eigenvalue weighted by atomic mass is 9.87. The van der Waals surface area contributed by atoms with Gasteiger partial charge in [-0.2, -0.15) is 0 Å². The molecule has 4 heteroatoms. The third-order valence-corrected chi connectivity index (χ3v) is 4.07. The molecule has 0 aliphatic heterocycles. The quantitative estimate of drug-likeness (QED) is 0.682. The van der Waals surface area contributed by atoms with Crippen LogP contribution in [0.3, 0.4) is 0 Å². The summed E-state index contributed by atoms with van der Waals surface area (Å²) in [4.78, 5) is 12.7. The highest BCUT2D eigenvalue weighted by atomic mass is 35.5. The van der Waals surface area contributed by atoms with Crippen molar-refractivity contribution in [1.82, 2.24) is 0 Å². The maximum absolute atomic E-state index is 12.7. The summed E-state index contributed by atoms with van der Waals surface area (Å²) in [6.45, 7) is 0. The Balaban J connectivity index is 2.29. The second-order valence-corrected chi connectivity index (χ2v) is 5.55. The Morgan fingerprint density at radius 3 is 2.79 bits per heavy atom. The molecule has 1 aromatic rings. The van der Waals surface area contributed by atoms with E-state index < -0.39 is 0 Å². The van der Waals surface area contributed by atoms with Gasteiger partial charge in [0.25, 0.3) is 0 Å². The number of carbonyl (C=O) groups is 1. The number of ether oxygens (including phenoxy) is 1. The van der Waals surface area contributed by atoms with Crippen molar-refractivity contribution < 1.29 is 9.53 Å². The van der Waals surface area contributed by atoms with Gasteiger partial charge in [0.2, 0.25) is 0 Å². The standard InChI is InChI=1S/C15H20ClNO2/c1-19-14-8-7-10(16)9-12(14)15(18)11-5-3-2-4-6-13(11)17/h7-9,11,13H,2-6,17H2,1H3. The molecule has 0 bridgehead atoms. The van der Waals surface area contributed by atoms with E-state index in [2.05, 4.69) is 0 Å². The average molecular weight is 282 g/mol. The van der Waals surface area contributed by atoms with Crippen molar-refractivity contribution in [1.29, 1.82) is 0 Å². The summed E-state index contributed by atoms with van der Waals surface area (Å²) >= 11 is 5.99. The molecule has 2 unspecified atom stereocenters. The molecule has 104 valence electrons. The first-order valence-electron chi connectivity index (χ1n) is 6.77. The van der Waals surface area contributed by atoms with Crippen LogP contribution in [-0.4, -0.2) is 18.9 Å². The van der Waals surface area contributed by atoms with Gasteiger partial charge in [0.1, 0.15) is 5.75 Å². The third-order valence-electron chi connectivity index (χ3n) is 3.83. The summed E-state index contributed by atoms with van der Waals surface area (Å²) in [6, 6.07) is 5.08. The second kappa shape index (κ2) is 6.40. The van der Waals surface area contributed by atoms with Crippen molar-refractivity contribution in [3.05, 3.63) is 28.8 Å². The number of nitrogens with two attached hydrogens (primary N) is 1. The average Bonchev–Trinajstić information content (AvgIpc) is 2.62. The SMILES string of the molecule is COc1ccc(Cl)cc1C(=O)C1CCCCCC1N. The Labute approximate surface area is 119 Å². The van der Waals surface area contributed by atoms with Crippen molar-refractivity contribution in [2.75, 3.05) is 7.11 Å². The van der Waals surface area contributed by atoms with Crippen LogP contribution in [0.15, 0.2) is 18.2 Å². The second-order valence-electron chi connectivity index (χ2n) is 5.12. The van der Waals surface area contributed by atoms with E-state index in [1.54, 1.807) is 25.3 Å². The van der Waals surface area contributed by atoms with Crippen LogP contribution in [0.1, 0.15) is 42.5 Å². The Morgan fingerprint density at radius 1 is 1.32 bits per heavy atom. The van der Waals surface area contributed by atoms with Gasteiger partial charge in [-0.3, -0.25) is 4.79 Å². The van der Waals surface area contributed by atoms with E-state index in [-0.39, 0.29) is 17.7 Å². The van der Waals surface area contributed by atoms with E-state index in [0.717, 1.165) is 32.1 Å². The number of carbonyl (C=O) groups excluding carboxylic acids is 1. The first kappa shape index (κ1) is 14.4. The number of benzene rings is 1. The first-order valence-corrected chi connectivity index (χ1v) is 7.14. The lowest BCUT2D eigenvalue weighted by molar-refractivity contribution is 0.0891. The molecule has 0 saturated heterocycles. The van der Waals surface area contributed by atoms with Gasteiger partial charge in [-0.15, -0.1) is 0 Å². The highest BCUT2D eigenvalue weighted by Crippen LogP contribution is 2.30. The summed E-state index contributed by atoms with van der Waals surface area (Å²) < 4.78 is 5.26. The molecule has 0 spiro atoms. The zero-order chi connectivity index (χ0) is 13.8. The van der Waals surface area contributed by atoms with Gasteiger partial charge in [-0.05, 0) is 31.0 Å². The fourth-order valence-corrected chi connectivity index (χ4v) is 2.91. The summed E-state index contributed by atoms with van der Waals surface area (Å²) in [7, 11) is 1.56. The van der Waals surface area contributed by atoms with Crippen LogP contribution in [0.4, 0.5) is 0 Å². The number of ketones is 1. The van der Waals surface area contributed by atoms with Gasteiger partial charge in [0, 0.05) is 17.0 Å². The van der Waals surface area contributed by atoms with Crippen molar-refractivity contribution in [3.8, 4) is 5.75 Å². The molecule has 3 nitrogen and oxygen atoms in total. The number of rotatable bonds is 3. The van der Waals surface area contributed by atoms with E-state index in [4.69, 9.17) is 22.1 Å². The molecule has 1 fully saturated rings. The lowest BCUT2D eigenvalue weighted by Crippen LogP contribution is -2.34. The van der Waals surface area contributed by atoms with Crippen LogP contribution < -0.4 is 10.5 Å². The largest absolute Gasteiger partial charge is 0.496 e. The van der Waals surface area contributed by atoms with Crippen LogP contribution in [0.2, 0.25) is 5.02 Å². The highest BCUT2D eigenvalue weighted by Gasteiger charge is 2.29. The first-order chi connectivity index (χ1) is 9.13. The maximum Gasteiger partial charge on any atom is 0.171 e. The number of hydrogen-bond donors (Lipinski definition) is 1. The Morgan fingerprint density at radius 2 is 2.05 bits per heavy atom. The molecular formula is C15H20ClNO2. The number of halogens is 1. The maximum atomic E-state index is 12.7. The lowest BCUT2D eigenvalue weighted by Gasteiger charge is -2.21. The van der Waals surface area contributed by atoms with Crippen LogP contribution in [0, 0.1) is 5.92 Å². The van der Waals surface area contributed by atoms with Crippen molar-refractivity contribution in [2.24, 2.45) is 11.7 Å². The normalized spacial score (nSPS) is 23.7. The van der Waals surface area contributed by atoms with E-state index >= 15 is 0 Å². The monoisotopic (exact) mass is 281 g/mol. The predicted molar refractivity (Wildman–Crippen MR) is 76.9 cm³/mol. The summed E-state index contributed by atoms with van der Waals surface area (Å²) in [5.74, 6) is 0.523. The third kappa shape index (κ3) is 3.28. The molecule has 2 atom stereocenters. The topological polar surface area (TPSA) is 52.3 Å². The summed E-state index contributed by atoms with van der Waals surface area (Å²) in [5, 5.41) is 0.548. The zero-order valence-electron chi connectivity index (χ0n) is 11.2. The number of Topliss-reactive ketones (excluding diaryl/α,β-unsaturated/α-hetero) is 1. The van der Waals surface area contributed by atoms with Gasteiger partial charge in [-0.25, -0.2) is 0 Å². The minimum Gasteiger partial charge on any atom is -0.496 e. The Hall–Kier alpha value is -1.06. The van der Waals surface area contributed by atoms with Crippen LogP contribution in [0.25, 0.3) is 0 Å². The molecule has 0 radical (unpaired) electrons. The molecule has 19 heavy (non-hydrogen) atoms. The molecular weight excluding hydrogens is 262 g/mol. The minimum absolute atomic E-state index is 0.0568. The van der Waals surface area contributed by atoms with Gasteiger partial charge in [0.15, 0.2) is 5.78 Å². The molecule has 0 heterocycles. The smallest absolute Gasteiger partial charge is 0.171 e. The van der Waals surface area contributed by atoms with Crippen LogP contribution in [0.5, 0.6) is 5.75 Å². The molecule has 2 N–H and O–H groups in total. The summed E-state index contributed by atoms with van der Waals surface area (Å²) in [6.07, 6.45) is 5.10. The van der Waals surface area contributed by atoms with Crippen LogP contribution >= 0.6 is 11.6 Å². The zero-order valence-corrected chi connectivity index (χ0v) is 12.0. The van der Waals surface area contributed by atoms with E-state index in [1.165, 1.54) is 0 Å². The van der Waals surface area contributed by atoms with E-state index in [9.17, 15) is 4.79 Å². The highest BCUT2D eigenvalue weighted by molar-refractivity contribution is 6.31. The van der Waals surface area contributed by atoms with Gasteiger partial charge in [-0.1, -0.05) is 30.9 Å². The van der Waals surface area contributed by atoms with Crippen molar-refractivity contribution in [3.63, 3.8) is 0 Å². The molecule has 0 amide bonds. The molecule has 1 aromatic carbocycles. The Bertz CT molecular complexity index is 461. The fourth-order valence-electron chi connectivity index (χ4n) is 2.73. The van der Waals surface area contributed by atoms with Crippen molar-refractivity contribution >= 4 is 17.4 Å². The fraction of sp³-hybridized carbons (Fsp3) is 0.533. The van der Waals surface area contributed by atoms with Crippen molar-refractivity contribution in [2.45, 2.75) is 38.1 Å². The van der Waals surface area contributed by atoms with Gasteiger partial charge < -0.3 is 10.5 Å². The molecule has 0 aromatic heterocycles. The van der Waals surface area contributed by atoms with E-state index in [1.807, 2.05) is 0 Å². The summed E-state index contributed by atoms with van der Waals surface area (Å²) in [5.41, 5.74) is 6.71. The number of hydrogen-bond acceptors (Lipinski definition) is 3. The Kier molecular flexibility index (Phi) is 4.83. The van der Waals surface area contributed by atoms with Crippen LogP contribution in [-0.2, 0) is 0 Å². The van der Waals surface area contributed by atoms with E-state index in [0.29, 0.717) is 16.3 Å². The molecule has 1 saturated carbocycles. The van der Waals surface area contributed by atoms with Gasteiger partial charge >= 0.3 is 0 Å². The van der Waals surface area contributed by atoms with Gasteiger partial charge in [0.05, 0.1) is 12.7 Å². The molecule has 1 aliphatic carbocycles.